The van der Waals surface area contributed by atoms with Crippen LogP contribution in [0.2, 0.25) is 0 Å². The molecule has 0 aliphatic heterocycles. The summed E-state index contributed by atoms with van der Waals surface area (Å²) in [6.45, 7) is 3.64. The van der Waals surface area contributed by atoms with E-state index in [0.717, 1.165) is 19.9 Å². The molecule has 6 heteroatoms. The molecule has 0 saturated carbocycles. The van der Waals surface area contributed by atoms with Gasteiger partial charge in [-0.05, 0) is 37.2 Å². The van der Waals surface area contributed by atoms with Gasteiger partial charge >= 0.3 is 0 Å². The number of hydrogen-bond acceptors (Lipinski definition) is 6. The zero-order valence-corrected chi connectivity index (χ0v) is 10.5. The maximum atomic E-state index is 9.34. The molecule has 4 nitrogen and oxygen atoms in total. The summed E-state index contributed by atoms with van der Waals surface area (Å²) < 4.78 is 0.884. The minimum atomic E-state index is -0.477. The van der Waals surface area contributed by atoms with Crippen LogP contribution in [0.25, 0.3) is 0 Å². The second-order valence-corrected chi connectivity index (χ2v) is 5.74. The second-order valence-electron chi connectivity index (χ2n) is 3.29. The van der Waals surface area contributed by atoms with Crippen LogP contribution in [0.1, 0.15) is 23.6 Å². The first-order chi connectivity index (χ1) is 7.65. The number of pyridine rings is 1. The van der Waals surface area contributed by atoms with Gasteiger partial charge in [-0.1, -0.05) is 17.4 Å². The Bertz CT molecular complexity index is 467. The summed E-state index contributed by atoms with van der Waals surface area (Å²) in [4.78, 5) is 4.25. The van der Waals surface area contributed by atoms with Crippen LogP contribution in [0.15, 0.2) is 27.7 Å². The van der Waals surface area contributed by atoms with Crippen molar-refractivity contribution in [2.75, 3.05) is 0 Å². The molecule has 0 aliphatic carbocycles. The van der Waals surface area contributed by atoms with E-state index in [-0.39, 0.29) is 0 Å². The Hall–Kier alpha value is -0.980. The summed E-state index contributed by atoms with van der Waals surface area (Å²) >= 11 is 3.03. The molecule has 2 heterocycles. The van der Waals surface area contributed by atoms with Gasteiger partial charge in [0.25, 0.3) is 0 Å². The molecule has 16 heavy (non-hydrogen) atoms. The van der Waals surface area contributed by atoms with Crippen LogP contribution in [-0.2, 0) is 0 Å². The zero-order chi connectivity index (χ0) is 11.5. The third-order valence-corrected chi connectivity index (χ3v) is 3.78. The molecule has 0 radical (unpaired) electrons. The topological polar surface area (TPSA) is 58.9 Å². The molecule has 0 spiro atoms. The van der Waals surface area contributed by atoms with Crippen molar-refractivity contribution in [2.45, 2.75) is 29.3 Å². The SMILES string of the molecule is Cc1nnc(Sc2ccc([C@@H](C)O)cn2)s1. The molecule has 0 aliphatic rings. The standard InChI is InChI=1S/C10H11N3OS2/c1-6(14)8-3-4-9(11-5-8)16-10-13-12-7(2)15-10/h3-6,14H,1-2H3/t6-/m1/s1. The van der Waals surface area contributed by atoms with E-state index in [1.807, 2.05) is 19.1 Å². The normalized spacial score (nSPS) is 12.7. The summed E-state index contributed by atoms with van der Waals surface area (Å²) in [6.07, 6.45) is 1.20. The first-order valence-corrected chi connectivity index (χ1v) is 6.40. The van der Waals surface area contributed by atoms with Gasteiger partial charge in [0.15, 0.2) is 4.34 Å². The van der Waals surface area contributed by atoms with Crippen molar-refractivity contribution in [3.8, 4) is 0 Å². The highest BCUT2D eigenvalue weighted by Gasteiger charge is 2.05. The van der Waals surface area contributed by atoms with E-state index in [1.165, 1.54) is 11.8 Å². The van der Waals surface area contributed by atoms with Gasteiger partial charge in [-0.25, -0.2) is 4.98 Å². The molecule has 2 aromatic heterocycles. The highest BCUT2D eigenvalue weighted by molar-refractivity contribution is 8.01. The lowest BCUT2D eigenvalue weighted by Crippen LogP contribution is -1.91. The molecule has 1 atom stereocenters. The van der Waals surface area contributed by atoms with Crippen LogP contribution in [0.5, 0.6) is 0 Å². The number of aryl methyl sites for hydroxylation is 1. The Kier molecular flexibility index (Phi) is 3.52. The Labute approximate surface area is 102 Å². The Morgan fingerprint density at radius 1 is 1.38 bits per heavy atom. The number of aromatic nitrogens is 3. The van der Waals surface area contributed by atoms with Gasteiger partial charge < -0.3 is 5.11 Å². The predicted octanol–water partition coefficient (Wildman–Crippen LogP) is 2.45. The first kappa shape index (κ1) is 11.5. The van der Waals surface area contributed by atoms with Gasteiger partial charge in [-0.3, -0.25) is 0 Å². The first-order valence-electron chi connectivity index (χ1n) is 4.77. The van der Waals surface area contributed by atoms with Crippen molar-refractivity contribution in [1.29, 1.82) is 0 Å². The molecule has 0 amide bonds. The van der Waals surface area contributed by atoms with E-state index < -0.39 is 6.10 Å². The van der Waals surface area contributed by atoms with Crippen LogP contribution in [-0.4, -0.2) is 20.3 Å². The van der Waals surface area contributed by atoms with Crippen LogP contribution in [0.3, 0.4) is 0 Å². The summed E-state index contributed by atoms with van der Waals surface area (Å²) in [7, 11) is 0. The van der Waals surface area contributed by atoms with Crippen LogP contribution >= 0.6 is 23.1 Å². The van der Waals surface area contributed by atoms with Crippen molar-refractivity contribution in [1.82, 2.24) is 15.2 Å². The summed E-state index contributed by atoms with van der Waals surface area (Å²) in [5, 5.41) is 19.1. The average Bonchev–Trinajstić information content (AvgIpc) is 2.65. The van der Waals surface area contributed by atoms with E-state index in [4.69, 9.17) is 0 Å². The molecular weight excluding hydrogens is 242 g/mol. The Morgan fingerprint density at radius 2 is 2.19 bits per heavy atom. The molecule has 2 rings (SSSR count). The van der Waals surface area contributed by atoms with Crippen molar-refractivity contribution in [3.63, 3.8) is 0 Å². The smallest absolute Gasteiger partial charge is 0.180 e. The second kappa shape index (κ2) is 4.90. The fraction of sp³-hybridized carbons (Fsp3) is 0.300. The number of aliphatic hydroxyl groups is 1. The molecule has 2 aromatic rings. The lowest BCUT2D eigenvalue weighted by molar-refractivity contribution is 0.198. The average molecular weight is 253 g/mol. The summed E-state index contributed by atoms with van der Waals surface area (Å²) in [5.74, 6) is 0. The molecule has 0 saturated heterocycles. The summed E-state index contributed by atoms with van der Waals surface area (Å²) in [5.41, 5.74) is 0.817. The number of hydrogen-bond donors (Lipinski definition) is 1. The maximum absolute atomic E-state index is 9.34. The van der Waals surface area contributed by atoms with Crippen LogP contribution in [0.4, 0.5) is 0 Å². The third-order valence-electron chi connectivity index (χ3n) is 1.94. The van der Waals surface area contributed by atoms with Gasteiger partial charge in [0, 0.05) is 6.20 Å². The van der Waals surface area contributed by atoms with Gasteiger partial charge in [0.1, 0.15) is 10.0 Å². The van der Waals surface area contributed by atoms with E-state index in [9.17, 15) is 5.11 Å². The zero-order valence-electron chi connectivity index (χ0n) is 8.91. The molecule has 1 N–H and O–H groups in total. The maximum Gasteiger partial charge on any atom is 0.180 e. The molecule has 84 valence electrons. The van der Waals surface area contributed by atoms with Gasteiger partial charge in [0.2, 0.25) is 0 Å². The van der Waals surface area contributed by atoms with Crippen molar-refractivity contribution >= 4 is 23.1 Å². The monoisotopic (exact) mass is 253 g/mol. The van der Waals surface area contributed by atoms with Crippen LogP contribution in [0, 0.1) is 6.92 Å². The van der Waals surface area contributed by atoms with E-state index in [0.29, 0.717) is 0 Å². The Morgan fingerprint density at radius 3 is 2.69 bits per heavy atom. The van der Waals surface area contributed by atoms with Gasteiger partial charge in [0.05, 0.1) is 6.10 Å². The highest BCUT2D eigenvalue weighted by Crippen LogP contribution is 2.28. The summed E-state index contributed by atoms with van der Waals surface area (Å²) in [6, 6.07) is 3.75. The number of rotatable bonds is 3. The van der Waals surface area contributed by atoms with Crippen LogP contribution < -0.4 is 0 Å². The largest absolute Gasteiger partial charge is 0.389 e. The molecule has 0 aromatic carbocycles. The highest BCUT2D eigenvalue weighted by atomic mass is 32.2. The lowest BCUT2D eigenvalue weighted by atomic mass is 10.2. The van der Waals surface area contributed by atoms with E-state index in [2.05, 4.69) is 15.2 Å². The van der Waals surface area contributed by atoms with Gasteiger partial charge in [-0.2, -0.15) is 0 Å². The number of aliphatic hydroxyl groups excluding tert-OH is 1. The van der Waals surface area contributed by atoms with Gasteiger partial charge in [-0.15, -0.1) is 10.2 Å². The minimum Gasteiger partial charge on any atom is -0.389 e. The molecule has 0 bridgehead atoms. The molecular formula is C10H11N3OS2. The predicted molar refractivity (Wildman–Crippen MR) is 63.6 cm³/mol. The lowest BCUT2D eigenvalue weighted by Gasteiger charge is -2.03. The molecule has 0 unspecified atom stereocenters. The van der Waals surface area contributed by atoms with Crippen molar-refractivity contribution < 1.29 is 5.11 Å². The fourth-order valence-corrected chi connectivity index (χ4v) is 2.81. The minimum absolute atomic E-state index is 0.477. The fourth-order valence-electron chi connectivity index (χ4n) is 1.11. The number of nitrogens with zero attached hydrogens (tertiary/aromatic N) is 3. The van der Waals surface area contributed by atoms with Crippen molar-refractivity contribution in [3.05, 3.63) is 28.9 Å². The quantitative estimate of drug-likeness (QED) is 0.910. The Balaban J connectivity index is 2.11. The van der Waals surface area contributed by atoms with E-state index >= 15 is 0 Å². The van der Waals surface area contributed by atoms with Crippen molar-refractivity contribution in [2.24, 2.45) is 0 Å². The third kappa shape index (κ3) is 2.78. The molecule has 0 fully saturated rings. The van der Waals surface area contributed by atoms with E-state index in [1.54, 1.807) is 24.5 Å².